The van der Waals surface area contributed by atoms with Crippen molar-refractivity contribution in [2.45, 2.75) is 75.8 Å². The first-order valence-electron chi connectivity index (χ1n) is 14.3. The van der Waals surface area contributed by atoms with Gasteiger partial charge in [-0.2, -0.15) is 0 Å². The number of aliphatic hydroxyl groups is 1. The second-order valence-corrected chi connectivity index (χ2v) is 16.6. The van der Waals surface area contributed by atoms with E-state index in [1.54, 1.807) is 12.0 Å². The molecule has 4 atom stereocenters. The van der Waals surface area contributed by atoms with Crippen molar-refractivity contribution in [3.05, 3.63) is 48.0 Å². The molecule has 2 fully saturated rings. The van der Waals surface area contributed by atoms with Gasteiger partial charge in [-0.3, -0.25) is 9.59 Å². The van der Waals surface area contributed by atoms with Crippen LogP contribution in [0.5, 0.6) is 5.75 Å². The summed E-state index contributed by atoms with van der Waals surface area (Å²) in [5.41, 5.74) is 1.47. The second kappa shape index (κ2) is 10.7. The van der Waals surface area contributed by atoms with Crippen LogP contribution in [0.4, 0.5) is 11.4 Å². The van der Waals surface area contributed by atoms with Gasteiger partial charge in [-0.15, -0.1) is 0 Å². The summed E-state index contributed by atoms with van der Waals surface area (Å²) in [6.45, 7) is 7.51. The Labute approximate surface area is 233 Å². The number of carbonyl (C=O) groups is 2. The molecular formula is C31H42N2O5Si. The van der Waals surface area contributed by atoms with E-state index in [9.17, 15) is 14.7 Å². The van der Waals surface area contributed by atoms with Gasteiger partial charge in [0.1, 0.15) is 5.75 Å². The van der Waals surface area contributed by atoms with Crippen molar-refractivity contribution in [3.63, 3.8) is 0 Å². The summed E-state index contributed by atoms with van der Waals surface area (Å²) in [6.07, 6.45) is 4.87. The minimum absolute atomic E-state index is 0.00370. The van der Waals surface area contributed by atoms with Gasteiger partial charge < -0.3 is 24.4 Å². The van der Waals surface area contributed by atoms with E-state index < -0.39 is 13.7 Å². The van der Waals surface area contributed by atoms with Gasteiger partial charge in [0, 0.05) is 43.8 Å². The molecule has 1 spiro atoms. The number of carbonyl (C=O) groups excluding carboxylic acids is 2. The molecule has 3 heterocycles. The lowest BCUT2D eigenvalue weighted by atomic mass is 9.82. The Morgan fingerprint density at radius 3 is 2.49 bits per heavy atom. The number of hydrogen-bond donors (Lipinski definition) is 1. The standard InChI is InChI=1S/C31H42N2O5Si/c1-21-29(39(4,5)24-14-12-23(37-3)13-15-24)27(17-19-34)38-31(21)25-20-22(11-16-26(25)32(2)30(31)36)33-18-9-7-6-8-10-28(33)35/h11-16,20-21,27,29,34H,6-10,17-19H2,1-5H3/t21-,27+,29-,31+/m1/s1. The Bertz CT molecular complexity index is 1230. The van der Waals surface area contributed by atoms with E-state index >= 15 is 0 Å². The highest BCUT2D eigenvalue weighted by atomic mass is 28.3. The van der Waals surface area contributed by atoms with E-state index in [2.05, 4.69) is 32.2 Å². The van der Waals surface area contributed by atoms with Crippen LogP contribution in [0.2, 0.25) is 18.6 Å². The number of ether oxygens (including phenoxy) is 2. The highest BCUT2D eigenvalue weighted by Gasteiger charge is 2.65. The maximum absolute atomic E-state index is 14.1. The summed E-state index contributed by atoms with van der Waals surface area (Å²) in [7, 11) is 1.27. The Balaban J connectivity index is 1.59. The van der Waals surface area contributed by atoms with Crippen LogP contribution in [-0.4, -0.2) is 58.4 Å². The number of anilines is 2. The smallest absolute Gasteiger partial charge is 0.264 e. The highest BCUT2D eigenvalue weighted by Crippen LogP contribution is 2.60. The largest absolute Gasteiger partial charge is 0.497 e. The first-order chi connectivity index (χ1) is 18.7. The molecule has 0 radical (unpaired) electrons. The molecule has 0 aliphatic carbocycles. The number of amides is 2. The number of nitrogens with zero attached hydrogens (tertiary/aromatic N) is 2. The minimum atomic E-state index is -2.21. The normalized spacial score (nSPS) is 27.6. The molecule has 2 aromatic rings. The van der Waals surface area contributed by atoms with E-state index in [1.807, 2.05) is 42.3 Å². The topological polar surface area (TPSA) is 79.3 Å². The number of fused-ring (bicyclic) bond motifs is 2. The lowest BCUT2D eigenvalue weighted by Crippen LogP contribution is -2.51. The molecule has 7 nitrogen and oxygen atoms in total. The summed E-state index contributed by atoms with van der Waals surface area (Å²) in [6, 6.07) is 14.3. The average Bonchev–Trinajstić information content (AvgIpc) is 3.33. The fourth-order valence-electron chi connectivity index (χ4n) is 7.40. The van der Waals surface area contributed by atoms with Gasteiger partial charge in [0.25, 0.3) is 5.91 Å². The Morgan fingerprint density at radius 1 is 1.08 bits per heavy atom. The molecule has 0 saturated carbocycles. The van der Waals surface area contributed by atoms with Crippen LogP contribution >= 0.6 is 0 Å². The molecular weight excluding hydrogens is 508 g/mol. The monoisotopic (exact) mass is 550 g/mol. The number of rotatable bonds is 6. The summed E-state index contributed by atoms with van der Waals surface area (Å²) < 4.78 is 12.3. The molecule has 3 aliphatic heterocycles. The molecule has 2 amide bonds. The molecule has 1 N–H and O–H groups in total. The van der Waals surface area contributed by atoms with Gasteiger partial charge in [0.05, 0.1) is 27.0 Å². The second-order valence-electron chi connectivity index (χ2n) is 11.9. The predicted octanol–water partition coefficient (Wildman–Crippen LogP) is 4.57. The molecule has 5 rings (SSSR count). The van der Waals surface area contributed by atoms with Crippen molar-refractivity contribution in [1.29, 1.82) is 0 Å². The average molecular weight is 551 g/mol. The molecule has 8 heteroatoms. The number of benzene rings is 2. The molecule has 0 unspecified atom stereocenters. The number of likely N-dealkylation sites (N-methyl/N-ethyl adjacent to an activating group) is 1. The van der Waals surface area contributed by atoms with Crippen LogP contribution < -0.4 is 19.7 Å². The number of methoxy groups -OCH3 is 1. The van der Waals surface area contributed by atoms with E-state index in [4.69, 9.17) is 9.47 Å². The highest BCUT2D eigenvalue weighted by molar-refractivity contribution is 6.91. The summed E-state index contributed by atoms with van der Waals surface area (Å²) in [5, 5.41) is 11.3. The summed E-state index contributed by atoms with van der Waals surface area (Å²) in [5.74, 6) is 0.778. The number of hydrogen-bond acceptors (Lipinski definition) is 5. The van der Waals surface area contributed by atoms with E-state index in [0.29, 0.717) is 19.4 Å². The van der Waals surface area contributed by atoms with Gasteiger partial charge in [-0.05, 0) is 55.1 Å². The third-order valence-corrected chi connectivity index (χ3v) is 13.9. The molecule has 210 valence electrons. The molecule has 0 bridgehead atoms. The zero-order chi connectivity index (χ0) is 27.9. The fourth-order valence-corrected chi connectivity index (χ4v) is 11.5. The fraction of sp³-hybridized carbons (Fsp3) is 0.548. The van der Waals surface area contributed by atoms with E-state index in [0.717, 1.165) is 48.4 Å². The molecule has 0 aromatic heterocycles. The van der Waals surface area contributed by atoms with Crippen molar-refractivity contribution in [2.24, 2.45) is 5.92 Å². The lowest BCUT2D eigenvalue weighted by Gasteiger charge is -2.37. The number of aliphatic hydroxyl groups excluding tert-OH is 1. The van der Waals surface area contributed by atoms with Crippen molar-refractivity contribution in [2.75, 3.05) is 37.1 Å². The third kappa shape index (κ3) is 4.50. The van der Waals surface area contributed by atoms with E-state index in [-0.39, 0.29) is 36.0 Å². The van der Waals surface area contributed by atoms with Crippen LogP contribution in [0, 0.1) is 5.92 Å². The quantitative estimate of drug-likeness (QED) is 0.533. The minimum Gasteiger partial charge on any atom is -0.497 e. The van der Waals surface area contributed by atoms with Crippen molar-refractivity contribution >= 4 is 36.4 Å². The van der Waals surface area contributed by atoms with Crippen LogP contribution in [0.15, 0.2) is 42.5 Å². The predicted molar refractivity (Wildman–Crippen MR) is 157 cm³/mol. The van der Waals surface area contributed by atoms with Crippen LogP contribution in [0.1, 0.15) is 51.0 Å². The van der Waals surface area contributed by atoms with Gasteiger partial charge in [-0.1, -0.05) is 50.2 Å². The van der Waals surface area contributed by atoms with Crippen LogP contribution in [0.3, 0.4) is 0 Å². The molecule has 3 aliphatic rings. The van der Waals surface area contributed by atoms with Crippen molar-refractivity contribution in [1.82, 2.24) is 0 Å². The van der Waals surface area contributed by atoms with E-state index in [1.165, 1.54) is 5.19 Å². The lowest BCUT2D eigenvalue weighted by molar-refractivity contribution is -0.145. The molecule has 2 aromatic carbocycles. The first-order valence-corrected chi connectivity index (χ1v) is 17.4. The summed E-state index contributed by atoms with van der Waals surface area (Å²) >= 11 is 0. The van der Waals surface area contributed by atoms with Crippen LogP contribution in [-0.2, 0) is 19.9 Å². The zero-order valence-electron chi connectivity index (χ0n) is 23.9. The van der Waals surface area contributed by atoms with Crippen molar-refractivity contribution < 1.29 is 24.2 Å². The van der Waals surface area contributed by atoms with Gasteiger partial charge in [0.15, 0.2) is 5.60 Å². The van der Waals surface area contributed by atoms with Gasteiger partial charge in [0.2, 0.25) is 5.91 Å². The SMILES string of the molecule is COc1ccc([Si](C)(C)[C@H]2[C@H](CCO)O[C@@]3(C(=O)N(C)c4ccc(N5CCCCCCC5=O)cc43)[C@@H]2C)cc1. The Hall–Kier alpha value is -2.68. The molecule has 39 heavy (non-hydrogen) atoms. The zero-order valence-corrected chi connectivity index (χ0v) is 24.9. The Morgan fingerprint density at radius 2 is 1.79 bits per heavy atom. The Kier molecular flexibility index (Phi) is 7.65. The summed E-state index contributed by atoms with van der Waals surface area (Å²) in [4.78, 5) is 30.8. The van der Waals surface area contributed by atoms with Crippen molar-refractivity contribution in [3.8, 4) is 5.75 Å². The maximum Gasteiger partial charge on any atom is 0.264 e. The third-order valence-electron chi connectivity index (χ3n) is 9.50. The first kappa shape index (κ1) is 27.9. The molecule has 2 saturated heterocycles. The maximum atomic E-state index is 14.1. The van der Waals surface area contributed by atoms with Gasteiger partial charge >= 0.3 is 0 Å². The van der Waals surface area contributed by atoms with Crippen LogP contribution in [0.25, 0.3) is 0 Å². The van der Waals surface area contributed by atoms with Gasteiger partial charge in [-0.25, -0.2) is 0 Å².